The maximum Gasteiger partial charge on any atom is 0.416 e. The Balaban J connectivity index is 1.64. The Hall–Kier alpha value is -4.71. The van der Waals surface area contributed by atoms with E-state index in [9.17, 15) is 37.7 Å². The zero-order valence-electron chi connectivity index (χ0n) is 19.2. The van der Waals surface area contributed by atoms with Crippen LogP contribution in [0.15, 0.2) is 66.2 Å². The summed E-state index contributed by atoms with van der Waals surface area (Å²) in [4.78, 5) is 49.0. The number of rotatable bonds is 5. The summed E-state index contributed by atoms with van der Waals surface area (Å²) in [6, 6.07) is 11.3. The van der Waals surface area contributed by atoms with E-state index < -0.39 is 45.9 Å². The zero-order chi connectivity index (χ0) is 27.8. The van der Waals surface area contributed by atoms with Crippen LogP contribution in [0.2, 0.25) is 5.02 Å². The van der Waals surface area contributed by atoms with E-state index in [0.29, 0.717) is 17.7 Å². The smallest absolute Gasteiger partial charge is 0.416 e. The van der Waals surface area contributed by atoms with Crippen molar-refractivity contribution in [1.29, 1.82) is 0 Å². The lowest BCUT2D eigenvalue weighted by atomic mass is 10.1. The van der Waals surface area contributed by atoms with Crippen molar-refractivity contribution in [2.75, 3.05) is 4.90 Å². The Morgan fingerprint density at radius 3 is 2.34 bits per heavy atom. The fraction of sp³-hybridized carbons (Fsp3) is 0.0800. The largest absolute Gasteiger partial charge is 0.449 e. The maximum absolute atomic E-state index is 13.1. The van der Waals surface area contributed by atoms with Gasteiger partial charge >= 0.3 is 17.9 Å². The number of urea groups is 1. The molecule has 1 aliphatic rings. The Morgan fingerprint density at radius 2 is 1.71 bits per heavy atom. The van der Waals surface area contributed by atoms with Crippen LogP contribution in [0.1, 0.15) is 16.7 Å². The monoisotopic (exact) mass is 545 g/mol. The fourth-order valence-electron chi connectivity index (χ4n) is 3.59. The van der Waals surface area contributed by atoms with Gasteiger partial charge in [0.15, 0.2) is 0 Å². The first kappa shape index (κ1) is 26.4. The second-order valence-electron chi connectivity index (χ2n) is 7.97. The van der Waals surface area contributed by atoms with E-state index in [4.69, 9.17) is 16.3 Å². The molecule has 0 saturated carbocycles. The number of nitro groups is 1. The van der Waals surface area contributed by atoms with E-state index in [1.54, 1.807) is 31.2 Å². The van der Waals surface area contributed by atoms with Crippen LogP contribution in [-0.2, 0) is 15.8 Å². The van der Waals surface area contributed by atoms with Crippen molar-refractivity contribution in [3.63, 3.8) is 0 Å². The van der Waals surface area contributed by atoms with Gasteiger partial charge < -0.3 is 4.74 Å². The first-order chi connectivity index (χ1) is 17.9. The van der Waals surface area contributed by atoms with Crippen LogP contribution in [0.5, 0.6) is 11.5 Å². The average molecular weight is 546 g/mol. The second kappa shape index (κ2) is 9.98. The summed E-state index contributed by atoms with van der Waals surface area (Å²) in [5.74, 6) is -2.41. The minimum absolute atomic E-state index is 0.121. The first-order valence-corrected chi connectivity index (χ1v) is 11.0. The van der Waals surface area contributed by atoms with Crippen LogP contribution in [0, 0.1) is 17.0 Å². The Labute approximate surface area is 217 Å². The van der Waals surface area contributed by atoms with Crippen LogP contribution in [0.3, 0.4) is 0 Å². The molecule has 9 nitrogen and oxygen atoms in total. The maximum atomic E-state index is 13.1. The average Bonchev–Trinajstić information content (AvgIpc) is 2.84. The van der Waals surface area contributed by atoms with Crippen molar-refractivity contribution in [2.45, 2.75) is 13.1 Å². The van der Waals surface area contributed by atoms with E-state index in [0.717, 1.165) is 11.0 Å². The highest BCUT2D eigenvalue weighted by Gasteiger charge is 2.37. The number of nitrogens with one attached hydrogen (secondary N) is 1. The van der Waals surface area contributed by atoms with Gasteiger partial charge in [-0.1, -0.05) is 35.9 Å². The summed E-state index contributed by atoms with van der Waals surface area (Å²) in [5, 5.41) is 13.3. The lowest BCUT2D eigenvalue weighted by molar-refractivity contribution is -0.385. The van der Waals surface area contributed by atoms with E-state index in [1.807, 2.05) is 0 Å². The Kier molecular flexibility index (Phi) is 6.92. The molecule has 1 N–H and O–H groups in total. The number of ether oxygens (including phenoxy) is 1. The van der Waals surface area contributed by atoms with E-state index in [-0.39, 0.29) is 27.6 Å². The van der Waals surface area contributed by atoms with Crippen LogP contribution in [-0.4, -0.2) is 22.8 Å². The summed E-state index contributed by atoms with van der Waals surface area (Å²) >= 11 is 6.22. The minimum Gasteiger partial charge on any atom is -0.449 e. The minimum atomic E-state index is -4.79. The van der Waals surface area contributed by atoms with Crippen molar-refractivity contribution in [2.24, 2.45) is 0 Å². The number of nitrogens with zero attached hydrogens (tertiary/aromatic N) is 2. The molecule has 0 atom stereocenters. The van der Waals surface area contributed by atoms with E-state index in [1.165, 1.54) is 24.3 Å². The molecule has 1 saturated heterocycles. The zero-order valence-corrected chi connectivity index (χ0v) is 20.0. The number of aryl methyl sites for hydroxylation is 1. The molecule has 13 heteroatoms. The summed E-state index contributed by atoms with van der Waals surface area (Å²) in [6.07, 6.45) is -3.61. The molecule has 0 bridgehead atoms. The van der Waals surface area contributed by atoms with Gasteiger partial charge in [-0.2, -0.15) is 13.2 Å². The van der Waals surface area contributed by atoms with Crippen LogP contribution in [0.4, 0.5) is 29.3 Å². The van der Waals surface area contributed by atoms with E-state index in [2.05, 4.69) is 5.32 Å². The van der Waals surface area contributed by atoms with Crippen molar-refractivity contribution in [3.8, 4) is 11.5 Å². The molecule has 1 heterocycles. The number of imide groups is 2. The van der Waals surface area contributed by atoms with E-state index >= 15 is 0 Å². The van der Waals surface area contributed by atoms with Crippen LogP contribution < -0.4 is 15.0 Å². The van der Waals surface area contributed by atoms with Gasteiger partial charge in [0, 0.05) is 6.07 Å². The number of barbiturate groups is 1. The lowest BCUT2D eigenvalue weighted by Gasteiger charge is -2.27. The first-order valence-electron chi connectivity index (χ1n) is 10.7. The molecule has 0 aromatic heterocycles. The van der Waals surface area contributed by atoms with Crippen molar-refractivity contribution < 1.29 is 37.2 Å². The number of para-hydroxylation sites is 1. The summed E-state index contributed by atoms with van der Waals surface area (Å²) < 4.78 is 44.2. The van der Waals surface area contributed by atoms with Crippen LogP contribution in [0.25, 0.3) is 6.08 Å². The van der Waals surface area contributed by atoms with Crippen molar-refractivity contribution in [1.82, 2.24) is 5.32 Å². The van der Waals surface area contributed by atoms with Crippen LogP contribution >= 0.6 is 11.6 Å². The van der Waals surface area contributed by atoms with Crippen molar-refractivity contribution in [3.05, 3.63) is 98.1 Å². The SMILES string of the molecule is Cc1ccccc1N1C(=O)NC(=O)/C(=C\c2ccc(Oc3ccc(C(F)(F)F)cc3[N+](=O)[O-])c(Cl)c2)C1=O. The molecule has 0 spiro atoms. The molecule has 4 amide bonds. The molecule has 3 aromatic carbocycles. The number of halogens is 4. The molecule has 0 unspecified atom stereocenters. The molecule has 1 aliphatic heterocycles. The highest BCUT2D eigenvalue weighted by molar-refractivity contribution is 6.39. The number of carbonyl (C=O) groups is 3. The normalized spacial score (nSPS) is 15.0. The summed E-state index contributed by atoms with van der Waals surface area (Å²) in [7, 11) is 0. The highest BCUT2D eigenvalue weighted by atomic mass is 35.5. The number of hydrogen-bond acceptors (Lipinski definition) is 6. The third-order valence-electron chi connectivity index (χ3n) is 5.43. The van der Waals surface area contributed by atoms with Gasteiger partial charge in [-0.3, -0.25) is 25.0 Å². The standard InChI is InChI=1S/C25H15ClF3N3O6/c1-13-4-2-3-5-18(13)31-23(34)16(22(33)30-24(31)35)10-14-6-8-20(17(26)11-14)38-21-9-7-15(25(27,28)29)12-19(21)32(36)37/h2-12H,1H3,(H,30,33,35)/b16-10+. The fourth-order valence-corrected chi connectivity index (χ4v) is 3.82. The second-order valence-corrected chi connectivity index (χ2v) is 8.38. The molecule has 3 aromatic rings. The third-order valence-corrected chi connectivity index (χ3v) is 5.72. The summed E-state index contributed by atoms with van der Waals surface area (Å²) in [5.41, 5.74) is -1.37. The predicted octanol–water partition coefficient (Wildman–Crippen LogP) is 6.03. The topological polar surface area (TPSA) is 119 Å². The third kappa shape index (κ3) is 5.20. The number of hydrogen-bond donors (Lipinski definition) is 1. The molecule has 0 aliphatic carbocycles. The number of benzene rings is 3. The summed E-state index contributed by atoms with van der Waals surface area (Å²) in [6.45, 7) is 1.69. The van der Waals surface area contributed by atoms with Gasteiger partial charge in [0.25, 0.3) is 11.8 Å². The van der Waals surface area contributed by atoms with Gasteiger partial charge in [0.1, 0.15) is 11.3 Å². The Morgan fingerprint density at radius 1 is 1.03 bits per heavy atom. The number of carbonyl (C=O) groups excluding carboxylic acids is 3. The lowest BCUT2D eigenvalue weighted by Crippen LogP contribution is -2.54. The molecule has 1 fully saturated rings. The molecule has 4 rings (SSSR count). The van der Waals surface area contributed by atoms with Gasteiger partial charge in [0.2, 0.25) is 5.75 Å². The molecule has 38 heavy (non-hydrogen) atoms. The number of alkyl halides is 3. The molecular weight excluding hydrogens is 531 g/mol. The number of nitro benzene ring substituents is 1. The number of anilines is 1. The quantitative estimate of drug-likeness (QED) is 0.181. The van der Waals surface area contributed by atoms with Gasteiger partial charge in [-0.05, 0) is 54.5 Å². The highest BCUT2D eigenvalue weighted by Crippen LogP contribution is 2.39. The number of amides is 4. The van der Waals surface area contributed by atoms with Gasteiger partial charge in [-0.15, -0.1) is 0 Å². The predicted molar refractivity (Wildman–Crippen MR) is 130 cm³/mol. The van der Waals surface area contributed by atoms with Crippen molar-refractivity contribution >= 4 is 46.9 Å². The van der Waals surface area contributed by atoms with Gasteiger partial charge in [-0.25, -0.2) is 9.69 Å². The molecular formula is C25H15ClF3N3O6. The Bertz CT molecular complexity index is 1540. The van der Waals surface area contributed by atoms with Gasteiger partial charge in [0.05, 0.1) is 21.2 Å². The molecule has 194 valence electrons. The molecule has 0 radical (unpaired) electrons.